The predicted octanol–water partition coefficient (Wildman–Crippen LogP) is -0.310. The number of rotatable bonds is 5. The summed E-state index contributed by atoms with van der Waals surface area (Å²) in [5, 5.41) is 0. The number of pyridine rings is 2. The first kappa shape index (κ1) is 15.2. The highest BCUT2D eigenvalue weighted by molar-refractivity contribution is 5.76. The van der Waals surface area contributed by atoms with Gasteiger partial charge in [-0.05, 0) is 23.3 Å². The molecule has 114 valence electrons. The van der Waals surface area contributed by atoms with Crippen molar-refractivity contribution in [3.05, 3.63) is 47.8 Å². The van der Waals surface area contributed by atoms with E-state index in [-0.39, 0.29) is 11.9 Å². The predicted molar refractivity (Wildman–Crippen MR) is 86.5 cm³/mol. The molecular formula is C14H18N8. The van der Waals surface area contributed by atoms with Gasteiger partial charge in [-0.1, -0.05) is 12.1 Å². The van der Waals surface area contributed by atoms with Crippen molar-refractivity contribution in [1.82, 2.24) is 9.97 Å². The molecule has 22 heavy (non-hydrogen) atoms. The summed E-state index contributed by atoms with van der Waals surface area (Å²) in [6.45, 7) is 0.807. The van der Waals surface area contributed by atoms with Crippen LogP contribution in [0.3, 0.4) is 0 Å². The molecule has 2 rings (SSSR count). The first-order valence-corrected chi connectivity index (χ1v) is 6.55. The average molecular weight is 298 g/mol. The fraction of sp³-hybridized carbons (Fsp3) is 0.143. The van der Waals surface area contributed by atoms with Crippen molar-refractivity contribution in [3.8, 4) is 11.4 Å². The Morgan fingerprint density at radius 3 is 1.41 bits per heavy atom. The van der Waals surface area contributed by atoms with Crippen LogP contribution in [0, 0.1) is 0 Å². The fourth-order valence-corrected chi connectivity index (χ4v) is 1.70. The second kappa shape index (κ2) is 7.02. The van der Waals surface area contributed by atoms with Crippen molar-refractivity contribution in [3.63, 3.8) is 0 Å². The van der Waals surface area contributed by atoms with Crippen molar-refractivity contribution >= 4 is 11.9 Å². The summed E-state index contributed by atoms with van der Waals surface area (Å²) in [5.74, 6) is 0.115. The molecule has 0 atom stereocenters. The fourth-order valence-electron chi connectivity index (χ4n) is 1.70. The third kappa shape index (κ3) is 4.44. The molecule has 0 saturated heterocycles. The minimum Gasteiger partial charge on any atom is -0.370 e. The lowest BCUT2D eigenvalue weighted by Crippen LogP contribution is -2.22. The van der Waals surface area contributed by atoms with Crippen LogP contribution in [0.4, 0.5) is 0 Å². The molecule has 2 aromatic heterocycles. The molecule has 8 N–H and O–H groups in total. The van der Waals surface area contributed by atoms with Crippen LogP contribution in [-0.4, -0.2) is 21.9 Å². The normalized spacial score (nSPS) is 10.0. The summed E-state index contributed by atoms with van der Waals surface area (Å²) in [6, 6.07) is 7.55. The zero-order valence-electron chi connectivity index (χ0n) is 12.0. The summed E-state index contributed by atoms with van der Waals surface area (Å²) in [5.41, 5.74) is 24.5. The van der Waals surface area contributed by atoms with Gasteiger partial charge in [0, 0.05) is 12.4 Å². The van der Waals surface area contributed by atoms with E-state index in [1.165, 1.54) is 0 Å². The van der Waals surface area contributed by atoms with Gasteiger partial charge < -0.3 is 22.9 Å². The van der Waals surface area contributed by atoms with Crippen LogP contribution < -0.4 is 22.9 Å². The number of hydrogen-bond donors (Lipinski definition) is 4. The highest BCUT2D eigenvalue weighted by atomic mass is 15.0. The van der Waals surface area contributed by atoms with E-state index in [0.29, 0.717) is 13.1 Å². The summed E-state index contributed by atoms with van der Waals surface area (Å²) in [6.07, 6.45) is 3.44. The van der Waals surface area contributed by atoms with Crippen LogP contribution in [0.25, 0.3) is 11.4 Å². The molecule has 0 saturated carbocycles. The molecule has 0 aliphatic rings. The van der Waals surface area contributed by atoms with Gasteiger partial charge >= 0.3 is 0 Å². The minimum absolute atomic E-state index is 0.0575. The summed E-state index contributed by atoms with van der Waals surface area (Å²) in [7, 11) is 0. The van der Waals surface area contributed by atoms with Crippen molar-refractivity contribution in [2.45, 2.75) is 13.1 Å². The van der Waals surface area contributed by atoms with Gasteiger partial charge in [0.15, 0.2) is 11.9 Å². The van der Waals surface area contributed by atoms with Crippen molar-refractivity contribution in [1.29, 1.82) is 0 Å². The molecule has 8 nitrogen and oxygen atoms in total. The third-order valence-electron chi connectivity index (χ3n) is 2.80. The van der Waals surface area contributed by atoms with Crippen molar-refractivity contribution < 1.29 is 0 Å². The quantitative estimate of drug-likeness (QED) is 0.438. The van der Waals surface area contributed by atoms with Gasteiger partial charge in [0.25, 0.3) is 0 Å². The monoisotopic (exact) mass is 298 g/mol. The molecule has 2 heterocycles. The van der Waals surface area contributed by atoms with Crippen LogP contribution in [-0.2, 0) is 13.1 Å². The number of aromatic nitrogens is 2. The zero-order valence-corrected chi connectivity index (χ0v) is 12.0. The van der Waals surface area contributed by atoms with Crippen LogP contribution in [0.5, 0.6) is 0 Å². The maximum atomic E-state index is 5.29. The van der Waals surface area contributed by atoms with E-state index < -0.39 is 0 Å². The molecule has 0 fully saturated rings. The standard InChI is InChI=1S/C14H18N8/c15-13(16)21-7-9-1-3-11(19-5-9)12-4-2-10(6-20-12)8-22-14(17)18/h1-6H,7-8H2,(H4,15,16,21)(H4,17,18,22). The van der Waals surface area contributed by atoms with Crippen LogP contribution in [0.1, 0.15) is 11.1 Å². The molecule has 0 bridgehead atoms. The lowest BCUT2D eigenvalue weighted by atomic mass is 10.2. The summed E-state index contributed by atoms with van der Waals surface area (Å²) in [4.78, 5) is 16.6. The molecule has 0 aromatic carbocycles. The maximum Gasteiger partial charge on any atom is 0.186 e. The largest absolute Gasteiger partial charge is 0.370 e. The molecule has 0 aliphatic carbocycles. The number of guanidine groups is 2. The van der Waals surface area contributed by atoms with Gasteiger partial charge in [-0.3, -0.25) is 9.97 Å². The van der Waals surface area contributed by atoms with Gasteiger partial charge in [0.05, 0.1) is 24.5 Å². The smallest absolute Gasteiger partial charge is 0.186 e. The minimum atomic E-state index is 0.0575. The Morgan fingerprint density at radius 2 is 1.14 bits per heavy atom. The molecule has 2 aromatic rings. The van der Waals surface area contributed by atoms with Gasteiger partial charge in [0.2, 0.25) is 0 Å². The number of nitrogens with two attached hydrogens (primary N) is 4. The summed E-state index contributed by atoms with van der Waals surface area (Å²) >= 11 is 0. The van der Waals surface area contributed by atoms with Gasteiger partial charge in [-0.2, -0.15) is 0 Å². The maximum absolute atomic E-state index is 5.29. The first-order valence-electron chi connectivity index (χ1n) is 6.55. The van der Waals surface area contributed by atoms with E-state index in [1.54, 1.807) is 12.4 Å². The van der Waals surface area contributed by atoms with Crippen LogP contribution >= 0.6 is 0 Å². The Hall–Kier alpha value is -3.16. The average Bonchev–Trinajstić information content (AvgIpc) is 2.52. The highest BCUT2D eigenvalue weighted by Gasteiger charge is 2.02. The third-order valence-corrected chi connectivity index (χ3v) is 2.80. The zero-order chi connectivity index (χ0) is 15.9. The van der Waals surface area contributed by atoms with E-state index in [2.05, 4.69) is 20.0 Å². The molecular weight excluding hydrogens is 280 g/mol. The molecule has 8 heteroatoms. The molecule has 0 radical (unpaired) electrons. The number of aliphatic imine (C=N–C) groups is 2. The SMILES string of the molecule is NC(N)=NCc1ccc(-c2ccc(CN=C(N)N)cn2)nc1. The van der Waals surface area contributed by atoms with E-state index in [1.807, 2.05) is 24.3 Å². The second-order valence-electron chi connectivity index (χ2n) is 4.59. The van der Waals surface area contributed by atoms with Crippen LogP contribution in [0.15, 0.2) is 46.6 Å². The highest BCUT2D eigenvalue weighted by Crippen LogP contribution is 2.15. The van der Waals surface area contributed by atoms with Crippen LogP contribution in [0.2, 0.25) is 0 Å². The molecule has 0 amide bonds. The van der Waals surface area contributed by atoms with Crippen molar-refractivity contribution in [2.24, 2.45) is 32.9 Å². The number of hydrogen-bond acceptors (Lipinski definition) is 4. The first-order chi connectivity index (χ1) is 10.5. The van der Waals surface area contributed by atoms with E-state index in [0.717, 1.165) is 22.5 Å². The topological polar surface area (TPSA) is 155 Å². The van der Waals surface area contributed by atoms with E-state index >= 15 is 0 Å². The Balaban J connectivity index is 2.08. The summed E-state index contributed by atoms with van der Waals surface area (Å²) < 4.78 is 0. The van der Waals surface area contributed by atoms with E-state index in [9.17, 15) is 0 Å². The Morgan fingerprint density at radius 1 is 0.727 bits per heavy atom. The number of nitrogens with zero attached hydrogens (tertiary/aromatic N) is 4. The molecule has 0 aliphatic heterocycles. The lowest BCUT2D eigenvalue weighted by molar-refractivity contribution is 1.03. The second-order valence-corrected chi connectivity index (χ2v) is 4.59. The van der Waals surface area contributed by atoms with Gasteiger partial charge in [-0.15, -0.1) is 0 Å². The van der Waals surface area contributed by atoms with E-state index in [4.69, 9.17) is 22.9 Å². The molecule has 0 unspecified atom stereocenters. The van der Waals surface area contributed by atoms with Gasteiger partial charge in [0.1, 0.15) is 0 Å². The molecule has 0 spiro atoms. The lowest BCUT2D eigenvalue weighted by Gasteiger charge is -2.03. The van der Waals surface area contributed by atoms with Gasteiger partial charge in [-0.25, -0.2) is 9.98 Å². The Bertz CT molecular complexity index is 603. The van der Waals surface area contributed by atoms with Crippen molar-refractivity contribution in [2.75, 3.05) is 0 Å². The Labute approximate surface area is 128 Å². The Kier molecular flexibility index (Phi) is 4.86.